The Hall–Kier alpha value is -2.94. The molecule has 0 bridgehead atoms. The van der Waals surface area contributed by atoms with Gasteiger partial charge in [0.1, 0.15) is 6.04 Å². The summed E-state index contributed by atoms with van der Waals surface area (Å²) in [5.41, 5.74) is 2.50. The molecule has 2 saturated heterocycles. The molecule has 1 unspecified atom stereocenters. The quantitative estimate of drug-likeness (QED) is 0.554. The summed E-state index contributed by atoms with van der Waals surface area (Å²) in [7, 11) is 3.18. The molecule has 3 heterocycles. The number of ether oxygens (including phenoxy) is 1. The van der Waals surface area contributed by atoms with Crippen molar-refractivity contribution in [3.05, 3.63) is 34.2 Å². The lowest BCUT2D eigenvalue weighted by molar-refractivity contribution is -0.151. The van der Waals surface area contributed by atoms with Crippen molar-refractivity contribution in [2.24, 2.45) is 13.0 Å². The number of hydrogen-bond donors (Lipinski definition) is 1. The van der Waals surface area contributed by atoms with Crippen LogP contribution in [-0.2, 0) is 26.2 Å². The largest absolute Gasteiger partial charge is 0.469 e. The number of hydrogen-bond acceptors (Lipinski definition) is 6. The molecule has 3 fully saturated rings. The van der Waals surface area contributed by atoms with Gasteiger partial charge in [-0.15, -0.1) is 0 Å². The van der Waals surface area contributed by atoms with Crippen molar-refractivity contribution in [3.8, 4) is 0 Å². The number of carbonyl (C=O) groups is 3. The Kier molecular flexibility index (Phi) is 5.60. The predicted molar refractivity (Wildman–Crippen MR) is 121 cm³/mol. The molecule has 2 amide bonds. The number of methoxy groups -OCH3 is 1. The van der Waals surface area contributed by atoms with Crippen LogP contribution >= 0.6 is 0 Å². The van der Waals surface area contributed by atoms with Crippen LogP contribution in [0, 0.1) is 5.92 Å². The minimum Gasteiger partial charge on any atom is -0.469 e. The van der Waals surface area contributed by atoms with Crippen LogP contribution in [0.2, 0.25) is 0 Å². The van der Waals surface area contributed by atoms with E-state index in [1.54, 1.807) is 11.6 Å². The highest BCUT2D eigenvalue weighted by Gasteiger charge is 2.39. The molecular formula is C24H30N4O5. The lowest BCUT2D eigenvalue weighted by atomic mass is 9.78. The lowest BCUT2D eigenvalue weighted by Gasteiger charge is -2.44. The summed E-state index contributed by atoms with van der Waals surface area (Å²) in [6.45, 7) is 1.99. The van der Waals surface area contributed by atoms with E-state index < -0.39 is 11.9 Å². The van der Waals surface area contributed by atoms with Crippen molar-refractivity contribution in [2.75, 3.05) is 20.2 Å². The molecule has 176 valence electrons. The van der Waals surface area contributed by atoms with Gasteiger partial charge in [-0.2, -0.15) is 0 Å². The first-order chi connectivity index (χ1) is 15.9. The second-order valence-electron chi connectivity index (χ2n) is 9.58. The molecule has 33 heavy (non-hydrogen) atoms. The van der Waals surface area contributed by atoms with E-state index in [1.807, 2.05) is 6.07 Å². The van der Waals surface area contributed by atoms with Crippen molar-refractivity contribution in [2.45, 2.75) is 56.5 Å². The zero-order valence-corrected chi connectivity index (χ0v) is 19.1. The number of nitrogens with zero attached hydrogens (tertiary/aromatic N) is 3. The standard InChI is InChI=1S/C24H30N4O5/c1-26-20-13-15(14-7-9-27(10-8-14)17-11-16(12-17)23(31)33-2)3-4-18(20)28(24(26)32)19-5-6-21(29)25-22(19)30/h3-4,13-14,16-17,19H,5-12H2,1-2H3,(H,25,29,30). The summed E-state index contributed by atoms with van der Waals surface area (Å²) in [4.78, 5) is 51.0. The van der Waals surface area contributed by atoms with Crippen LogP contribution < -0.4 is 11.0 Å². The molecule has 9 heteroatoms. The summed E-state index contributed by atoms with van der Waals surface area (Å²) >= 11 is 0. The van der Waals surface area contributed by atoms with Gasteiger partial charge < -0.3 is 9.64 Å². The fraction of sp³-hybridized carbons (Fsp3) is 0.583. The highest BCUT2D eigenvalue weighted by molar-refractivity contribution is 6.00. The number of piperidine rings is 2. The molecule has 3 aliphatic rings. The first kappa shape index (κ1) is 21.9. The average Bonchev–Trinajstić information content (AvgIpc) is 3.03. The van der Waals surface area contributed by atoms with Gasteiger partial charge >= 0.3 is 11.7 Å². The van der Waals surface area contributed by atoms with E-state index in [4.69, 9.17) is 4.74 Å². The van der Waals surface area contributed by atoms with Gasteiger partial charge in [0, 0.05) is 19.5 Å². The number of benzene rings is 1. The van der Waals surface area contributed by atoms with Crippen LogP contribution in [0.4, 0.5) is 0 Å². The Morgan fingerprint density at radius 3 is 2.45 bits per heavy atom. The van der Waals surface area contributed by atoms with Crippen LogP contribution in [0.25, 0.3) is 11.0 Å². The third-order valence-electron chi connectivity index (χ3n) is 7.80. The zero-order chi connectivity index (χ0) is 23.3. The molecule has 1 saturated carbocycles. The van der Waals surface area contributed by atoms with E-state index in [-0.39, 0.29) is 29.9 Å². The number of likely N-dealkylation sites (tertiary alicyclic amines) is 1. The van der Waals surface area contributed by atoms with E-state index >= 15 is 0 Å². The summed E-state index contributed by atoms with van der Waals surface area (Å²) in [6, 6.07) is 5.90. The molecule has 5 rings (SSSR count). The molecule has 1 aromatic carbocycles. The number of imide groups is 1. The van der Waals surface area contributed by atoms with Gasteiger partial charge in [-0.25, -0.2) is 4.79 Å². The number of carbonyl (C=O) groups excluding carboxylic acids is 3. The van der Waals surface area contributed by atoms with Crippen molar-refractivity contribution < 1.29 is 19.1 Å². The van der Waals surface area contributed by atoms with Crippen LogP contribution in [0.15, 0.2) is 23.0 Å². The normalized spacial score (nSPS) is 26.8. The molecule has 2 aliphatic heterocycles. The van der Waals surface area contributed by atoms with Crippen molar-refractivity contribution in [1.29, 1.82) is 0 Å². The van der Waals surface area contributed by atoms with E-state index in [0.717, 1.165) is 49.8 Å². The van der Waals surface area contributed by atoms with Crippen molar-refractivity contribution >= 4 is 28.8 Å². The third kappa shape index (κ3) is 3.78. The topological polar surface area (TPSA) is 103 Å². The van der Waals surface area contributed by atoms with Gasteiger partial charge in [-0.05, 0) is 68.8 Å². The minimum absolute atomic E-state index is 0.0508. The second kappa shape index (κ2) is 8.44. The van der Waals surface area contributed by atoms with Gasteiger partial charge in [0.2, 0.25) is 11.8 Å². The second-order valence-corrected chi connectivity index (χ2v) is 9.58. The number of aryl methyl sites for hydroxylation is 1. The summed E-state index contributed by atoms with van der Waals surface area (Å²) in [5, 5.41) is 2.35. The summed E-state index contributed by atoms with van der Waals surface area (Å²) in [6.07, 6.45) is 4.41. The molecular weight excluding hydrogens is 424 g/mol. The number of aromatic nitrogens is 2. The third-order valence-corrected chi connectivity index (χ3v) is 7.80. The fourth-order valence-corrected chi connectivity index (χ4v) is 5.71. The van der Waals surface area contributed by atoms with Gasteiger partial charge in [0.15, 0.2) is 0 Å². The monoisotopic (exact) mass is 454 g/mol. The van der Waals surface area contributed by atoms with Crippen LogP contribution in [-0.4, -0.2) is 58.1 Å². The average molecular weight is 455 g/mol. The lowest BCUT2D eigenvalue weighted by Crippen LogP contribution is -2.49. The van der Waals surface area contributed by atoms with Gasteiger partial charge in [-0.3, -0.25) is 28.8 Å². The maximum atomic E-state index is 13.0. The maximum Gasteiger partial charge on any atom is 0.329 e. The molecule has 0 radical (unpaired) electrons. The Bertz CT molecular complexity index is 1170. The Morgan fingerprint density at radius 1 is 1.06 bits per heavy atom. The predicted octanol–water partition coefficient (Wildman–Crippen LogP) is 1.45. The molecule has 1 aromatic heterocycles. The maximum absolute atomic E-state index is 13.0. The minimum atomic E-state index is -0.663. The zero-order valence-electron chi connectivity index (χ0n) is 19.1. The summed E-state index contributed by atoms with van der Waals surface area (Å²) < 4.78 is 7.97. The molecule has 0 spiro atoms. The molecule has 2 aromatic rings. The number of rotatable bonds is 4. The van der Waals surface area contributed by atoms with Crippen LogP contribution in [0.1, 0.15) is 56.0 Å². The first-order valence-corrected chi connectivity index (χ1v) is 11.7. The molecule has 9 nitrogen and oxygen atoms in total. The fourth-order valence-electron chi connectivity index (χ4n) is 5.71. The van der Waals surface area contributed by atoms with Gasteiger partial charge in [0.05, 0.1) is 24.1 Å². The number of esters is 1. The number of imidazole rings is 1. The number of amides is 2. The summed E-state index contributed by atoms with van der Waals surface area (Å²) in [5.74, 6) is -0.334. The highest BCUT2D eigenvalue weighted by atomic mass is 16.5. The van der Waals surface area contributed by atoms with Crippen LogP contribution in [0.3, 0.4) is 0 Å². The van der Waals surface area contributed by atoms with E-state index in [1.165, 1.54) is 17.2 Å². The van der Waals surface area contributed by atoms with Crippen LogP contribution in [0.5, 0.6) is 0 Å². The van der Waals surface area contributed by atoms with E-state index in [0.29, 0.717) is 18.4 Å². The van der Waals surface area contributed by atoms with E-state index in [9.17, 15) is 19.2 Å². The molecule has 1 aliphatic carbocycles. The van der Waals surface area contributed by atoms with Gasteiger partial charge in [-0.1, -0.05) is 6.07 Å². The van der Waals surface area contributed by atoms with Gasteiger partial charge in [0.25, 0.3) is 0 Å². The SMILES string of the molecule is COC(=O)C1CC(N2CCC(c3ccc4c(c3)n(C)c(=O)n4C3CCC(=O)NC3=O)CC2)C1. The van der Waals surface area contributed by atoms with Crippen molar-refractivity contribution in [3.63, 3.8) is 0 Å². The van der Waals surface area contributed by atoms with E-state index in [2.05, 4.69) is 22.3 Å². The Balaban J connectivity index is 1.30. The number of nitrogens with one attached hydrogen (secondary N) is 1. The van der Waals surface area contributed by atoms with Crippen molar-refractivity contribution in [1.82, 2.24) is 19.4 Å². The highest BCUT2D eigenvalue weighted by Crippen LogP contribution is 2.37. The Labute approximate surface area is 191 Å². The first-order valence-electron chi connectivity index (χ1n) is 11.7. The smallest absolute Gasteiger partial charge is 0.329 e. The molecule has 1 N–H and O–H groups in total. The number of fused-ring (bicyclic) bond motifs is 1. The molecule has 1 atom stereocenters. The Morgan fingerprint density at radius 2 is 1.79 bits per heavy atom.